The van der Waals surface area contributed by atoms with Crippen LogP contribution >= 0.6 is 0 Å². The van der Waals surface area contributed by atoms with Crippen molar-refractivity contribution >= 4 is 17.6 Å². The molecule has 0 bridgehead atoms. The van der Waals surface area contributed by atoms with E-state index in [9.17, 15) is 14.0 Å². The number of benzene rings is 2. The Bertz CT molecular complexity index is 700. The zero-order chi connectivity index (χ0) is 16.7. The van der Waals surface area contributed by atoms with Crippen LogP contribution in [0.2, 0.25) is 0 Å². The fourth-order valence-electron chi connectivity index (χ4n) is 1.96. The minimum atomic E-state index is -0.597. The second-order valence-electron chi connectivity index (χ2n) is 5.00. The highest BCUT2D eigenvalue weighted by atomic mass is 19.1. The number of amides is 1. The van der Waals surface area contributed by atoms with Gasteiger partial charge in [0.2, 0.25) is 0 Å². The van der Waals surface area contributed by atoms with E-state index in [2.05, 4.69) is 5.32 Å². The third kappa shape index (κ3) is 4.64. The van der Waals surface area contributed by atoms with Crippen molar-refractivity contribution in [2.75, 3.05) is 11.9 Å². The van der Waals surface area contributed by atoms with Gasteiger partial charge in [0.25, 0.3) is 5.91 Å². The Hall–Kier alpha value is -2.69. The molecule has 2 rings (SSSR count). The Kier molecular flexibility index (Phi) is 5.86. The van der Waals surface area contributed by atoms with Gasteiger partial charge in [-0.2, -0.15) is 0 Å². The highest BCUT2D eigenvalue weighted by Gasteiger charge is 2.12. The van der Waals surface area contributed by atoms with Gasteiger partial charge < -0.3 is 10.1 Å². The van der Waals surface area contributed by atoms with Gasteiger partial charge in [0, 0.05) is 5.69 Å². The molecule has 4 nitrogen and oxygen atoms in total. The van der Waals surface area contributed by atoms with Crippen LogP contribution in [0.25, 0.3) is 0 Å². The molecule has 0 saturated carbocycles. The average Bonchev–Trinajstić information content (AvgIpc) is 2.55. The first-order valence-corrected chi connectivity index (χ1v) is 7.45. The van der Waals surface area contributed by atoms with Crippen molar-refractivity contribution in [1.82, 2.24) is 0 Å². The molecule has 23 heavy (non-hydrogen) atoms. The molecule has 120 valence electrons. The number of anilines is 1. The van der Waals surface area contributed by atoms with Crippen molar-refractivity contribution in [3.8, 4) is 0 Å². The summed E-state index contributed by atoms with van der Waals surface area (Å²) in [6.07, 6.45) is 1.74. The number of carbonyl (C=O) groups excluding carboxylic acids is 2. The van der Waals surface area contributed by atoms with Crippen LogP contribution in [0.4, 0.5) is 10.1 Å². The molecule has 0 unspecified atom stereocenters. The lowest BCUT2D eigenvalue weighted by atomic mass is 10.1. The smallest absolute Gasteiger partial charge is 0.338 e. The Balaban J connectivity index is 2.07. The quantitative estimate of drug-likeness (QED) is 0.646. The fraction of sp³-hybridized carbons (Fsp3) is 0.222. The Morgan fingerprint density at radius 2 is 1.91 bits per heavy atom. The van der Waals surface area contributed by atoms with Crippen molar-refractivity contribution in [1.29, 1.82) is 0 Å². The lowest BCUT2D eigenvalue weighted by molar-refractivity contribution is 0.0499. The maximum Gasteiger partial charge on any atom is 0.338 e. The number of carbonyl (C=O) groups is 2. The van der Waals surface area contributed by atoms with Crippen LogP contribution in [0, 0.1) is 5.82 Å². The molecular weight excluding hydrogens is 297 g/mol. The maximum absolute atomic E-state index is 13.6. The van der Waals surface area contributed by atoms with E-state index in [0.717, 1.165) is 12.8 Å². The highest BCUT2D eigenvalue weighted by molar-refractivity contribution is 6.05. The Morgan fingerprint density at radius 1 is 1.13 bits per heavy atom. The second-order valence-corrected chi connectivity index (χ2v) is 5.00. The molecule has 1 amide bonds. The first-order chi connectivity index (χ1) is 11.1. The van der Waals surface area contributed by atoms with Gasteiger partial charge in [0.15, 0.2) is 0 Å². The maximum atomic E-state index is 13.6. The van der Waals surface area contributed by atoms with Gasteiger partial charge >= 0.3 is 5.97 Å². The molecule has 0 aliphatic carbocycles. The number of ether oxygens (including phenoxy) is 1. The number of nitrogens with one attached hydrogen (secondary N) is 1. The molecule has 0 aliphatic rings. The Morgan fingerprint density at radius 3 is 2.65 bits per heavy atom. The zero-order valence-electron chi connectivity index (χ0n) is 12.8. The van der Waals surface area contributed by atoms with Crippen molar-refractivity contribution in [3.05, 3.63) is 65.5 Å². The summed E-state index contributed by atoms with van der Waals surface area (Å²) in [4.78, 5) is 23.9. The summed E-state index contributed by atoms with van der Waals surface area (Å²) in [5.74, 6) is -1.61. The minimum absolute atomic E-state index is 0.0524. The average molecular weight is 315 g/mol. The number of unbranched alkanes of at least 4 members (excludes halogenated alkanes) is 1. The SMILES string of the molecule is CCCCOC(=O)c1cccc(NC(=O)c2ccccc2F)c1. The molecule has 0 atom stereocenters. The minimum Gasteiger partial charge on any atom is -0.462 e. The van der Waals surface area contributed by atoms with Crippen LogP contribution in [0.3, 0.4) is 0 Å². The normalized spacial score (nSPS) is 10.2. The van der Waals surface area contributed by atoms with Crippen LogP contribution in [0.1, 0.15) is 40.5 Å². The third-order valence-electron chi connectivity index (χ3n) is 3.21. The molecule has 0 radical (unpaired) electrons. The first kappa shape index (κ1) is 16.7. The molecule has 0 fully saturated rings. The van der Waals surface area contributed by atoms with Gasteiger partial charge in [-0.1, -0.05) is 31.5 Å². The summed E-state index contributed by atoms with van der Waals surface area (Å²) in [6, 6.07) is 12.1. The lowest BCUT2D eigenvalue weighted by Gasteiger charge is -2.08. The van der Waals surface area contributed by atoms with E-state index in [-0.39, 0.29) is 5.56 Å². The molecule has 0 aliphatic heterocycles. The predicted molar refractivity (Wildman–Crippen MR) is 86.0 cm³/mol. The monoisotopic (exact) mass is 315 g/mol. The van der Waals surface area contributed by atoms with E-state index in [1.165, 1.54) is 24.3 Å². The van der Waals surface area contributed by atoms with E-state index < -0.39 is 17.7 Å². The number of hydrogen-bond donors (Lipinski definition) is 1. The Labute approximate surface area is 134 Å². The largest absolute Gasteiger partial charge is 0.462 e. The lowest BCUT2D eigenvalue weighted by Crippen LogP contribution is -2.14. The summed E-state index contributed by atoms with van der Waals surface area (Å²) in [6.45, 7) is 2.37. The zero-order valence-corrected chi connectivity index (χ0v) is 12.8. The molecular formula is C18H18FNO3. The summed E-state index contributed by atoms with van der Waals surface area (Å²) in [5.41, 5.74) is 0.694. The van der Waals surface area contributed by atoms with Gasteiger partial charge in [-0.05, 0) is 36.8 Å². The molecule has 2 aromatic carbocycles. The van der Waals surface area contributed by atoms with Gasteiger partial charge in [0.05, 0.1) is 17.7 Å². The van der Waals surface area contributed by atoms with Crippen molar-refractivity contribution in [2.24, 2.45) is 0 Å². The summed E-state index contributed by atoms with van der Waals surface area (Å²) in [7, 11) is 0. The molecule has 0 aromatic heterocycles. The van der Waals surface area contributed by atoms with E-state index in [1.54, 1.807) is 24.3 Å². The van der Waals surface area contributed by atoms with Crippen molar-refractivity contribution in [2.45, 2.75) is 19.8 Å². The molecule has 0 spiro atoms. The van der Waals surface area contributed by atoms with Gasteiger partial charge in [0.1, 0.15) is 5.82 Å². The third-order valence-corrected chi connectivity index (χ3v) is 3.21. The number of rotatable bonds is 6. The second kappa shape index (κ2) is 8.08. The van der Waals surface area contributed by atoms with Crippen LogP contribution in [0.5, 0.6) is 0 Å². The highest BCUT2D eigenvalue weighted by Crippen LogP contribution is 2.15. The molecule has 0 heterocycles. The van der Waals surface area contributed by atoms with Crippen LogP contribution in [0.15, 0.2) is 48.5 Å². The molecule has 1 N–H and O–H groups in total. The van der Waals surface area contributed by atoms with Gasteiger partial charge in [-0.3, -0.25) is 4.79 Å². The topological polar surface area (TPSA) is 55.4 Å². The van der Waals surface area contributed by atoms with E-state index in [1.807, 2.05) is 6.92 Å². The number of hydrogen-bond acceptors (Lipinski definition) is 3. The van der Waals surface area contributed by atoms with Crippen LogP contribution in [-0.2, 0) is 4.74 Å². The standard InChI is InChI=1S/C18H18FNO3/c1-2-3-11-23-18(22)13-7-6-8-14(12-13)20-17(21)15-9-4-5-10-16(15)19/h4-10,12H,2-3,11H2,1H3,(H,20,21). The van der Waals surface area contributed by atoms with Crippen molar-refractivity contribution < 1.29 is 18.7 Å². The van der Waals surface area contributed by atoms with Crippen molar-refractivity contribution in [3.63, 3.8) is 0 Å². The van der Waals surface area contributed by atoms with E-state index in [4.69, 9.17) is 4.74 Å². The summed E-state index contributed by atoms with van der Waals surface area (Å²) in [5, 5.41) is 2.57. The number of halogens is 1. The molecule has 5 heteroatoms. The van der Waals surface area contributed by atoms with Gasteiger partial charge in [-0.15, -0.1) is 0 Å². The molecule has 0 saturated heterocycles. The van der Waals surface area contributed by atoms with Crippen LogP contribution < -0.4 is 5.32 Å². The summed E-state index contributed by atoms with van der Waals surface area (Å²) < 4.78 is 18.7. The van der Waals surface area contributed by atoms with Gasteiger partial charge in [-0.25, -0.2) is 9.18 Å². The predicted octanol–water partition coefficient (Wildman–Crippen LogP) is 4.03. The first-order valence-electron chi connectivity index (χ1n) is 7.45. The van der Waals surface area contributed by atoms with Crippen LogP contribution in [-0.4, -0.2) is 18.5 Å². The van der Waals surface area contributed by atoms with E-state index in [0.29, 0.717) is 17.9 Å². The number of esters is 1. The fourth-order valence-corrected chi connectivity index (χ4v) is 1.96. The summed E-state index contributed by atoms with van der Waals surface area (Å²) >= 11 is 0. The molecule has 2 aromatic rings. The van der Waals surface area contributed by atoms with E-state index >= 15 is 0 Å².